The van der Waals surface area contributed by atoms with Crippen molar-refractivity contribution in [3.8, 4) is 0 Å². The largest absolute Gasteiger partial charge is 0.396 e. The summed E-state index contributed by atoms with van der Waals surface area (Å²) in [5.41, 5.74) is -0.494. The van der Waals surface area contributed by atoms with Crippen molar-refractivity contribution < 1.29 is 22.3 Å². The van der Waals surface area contributed by atoms with E-state index in [2.05, 4.69) is 0 Å². The molecule has 17 heavy (non-hydrogen) atoms. The second kappa shape index (κ2) is 5.61. The Morgan fingerprint density at radius 1 is 1.35 bits per heavy atom. The Morgan fingerprint density at radius 3 is 2.53 bits per heavy atom. The third-order valence-electron chi connectivity index (χ3n) is 1.84. The standard InChI is InChI=1S/C9H10ClF2NO3S/c10-7-4-6(11)5-8(12)9(7)13-17(15,16)3-1-2-14/h4-5,13-14H,1-3H2. The van der Waals surface area contributed by atoms with E-state index in [0.717, 1.165) is 6.07 Å². The Hall–Kier alpha value is -0.920. The molecule has 1 aromatic rings. The van der Waals surface area contributed by atoms with E-state index in [1.165, 1.54) is 0 Å². The lowest BCUT2D eigenvalue weighted by Gasteiger charge is -2.10. The van der Waals surface area contributed by atoms with Gasteiger partial charge in [-0.1, -0.05) is 11.6 Å². The zero-order valence-corrected chi connectivity index (χ0v) is 10.2. The van der Waals surface area contributed by atoms with E-state index >= 15 is 0 Å². The summed E-state index contributed by atoms with van der Waals surface area (Å²) in [5.74, 6) is -2.37. The molecular weight excluding hydrogens is 276 g/mol. The highest BCUT2D eigenvalue weighted by Crippen LogP contribution is 2.27. The normalized spacial score (nSPS) is 11.5. The van der Waals surface area contributed by atoms with Crippen LogP contribution in [0.4, 0.5) is 14.5 Å². The van der Waals surface area contributed by atoms with Crippen LogP contribution in [0, 0.1) is 11.6 Å². The molecule has 0 aromatic heterocycles. The van der Waals surface area contributed by atoms with Gasteiger partial charge in [0.15, 0.2) is 5.82 Å². The molecule has 0 saturated heterocycles. The highest BCUT2D eigenvalue weighted by molar-refractivity contribution is 7.92. The quantitative estimate of drug-likeness (QED) is 0.866. The van der Waals surface area contributed by atoms with Crippen LogP contribution in [0.5, 0.6) is 0 Å². The van der Waals surface area contributed by atoms with Crippen molar-refractivity contribution in [1.82, 2.24) is 0 Å². The molecule has 1 rings (SSSR count). The van der Waals surface area contributed by atoms with Gasteiger partial charge in [-0.15, -0.1) is 0 Å². The van der Waals surface area contributed by atoms with Gasteiger partial charge in [0.1, 0.15) is 11.5 Å². The molecule has 8 heteroatoms. The first-order valence-corrected chi connectivity index (χ1v) is 6.64. The Bertz CT molecular complexity index is 484. The van der Waals surface area contributed by atoms with Gasteiger partial charge in [0.2, 0.25) is 10.0 Å². The van der Waals surface area contributed by atoms with Gasteiger partial charge < -0.3 is 5.11 Å². The van der Waals surface area contributed by atoms with Crippen molar-refractivity contribution in [3.05, 3.63) is 28.8 Å². The fourth-order valence-corrected chi connectivity index (χ4v) is 2.53. The topological polar surface area (TPSA) is 66.4 Å². The summed E-state index contributed by atoms with van der Waals surface area (Å²) in [6.45, 7) is -0.305. The summed E-state index contributed by atoms with van der Waals surface area (Å²) in [7, 11) is -3.81. The van der Waals surface area contributed by atoms with Crippen LogP contribution in [0.25, 0.3) is 0 Å². The van der Waals surface area contributed by atoms with Gasteiger partial charge in [0.25, 0.3) is 0 Å². The molecule has 96 valence electrons. The maximum Gasteiger partial charge on any atom is 0.232 e. The molecule has 2 N–H and O–H groups in total. The molecule has 0 aliphatic carbocycles. The Kier molecular flexibility index (Phi) is 4.67. The fourth-order valence-electron chi connectivity index (χ4n) is 1.10. The van der Waals surface area contributed by atoms with Crippen molar-refractivity contribution in [2.45, 2.75) is 6.42 Å². The summed E-state index contributed by atoms with van der Waals surface area (Å²) in [6, 6.07) is 1.32. The lowest BCUT2D eigenvalue weighted by atomic mass is 10.3. The molecule has 0 bridgehead atoms. The lowest BCUT2D eigenvalue weighted by molar-refractivity contribution is 0.295. The van der Waals surface area contributed by atoms with Crippen LogP contribution in [0.2, 0.25) is 5.02 Å². The van der Waals surface area contributed by atoms with E-state index in [0.29, 0.717) is 6.07 Å². The molecule has 0 heterocycles. The highest BCUT2D eigenvalue weighted by atomic mass is 35.5. The van der Waals surface area contributed by atoms with Gasteiger partial charge in [0, 0.05) is 12.7 Å². The number of hydrogen-bond acceptors (Lipinski definition) is 3. The van der Waals surface area contributed by atoms with Crippen molar-refractivity contribution in [1.29, 1.82) is 0 Å². The zero-order valence-electron chi connectivity index (χ0n) is 8.58. The number of aliphatic hydroxyl groups is 1. The van der Waals surface area contributed by atoms with Crippen LogP contribution in [-0.4, -0.2) is 25.9 Å². The van der Waals surface area contributed by atoms with E-state index in [1.807, 2.05) is 4.72 Å². The molecular formula is C9H10ClF2NO3S. The highest BCUT2D eigenvalue weighted by Gasteiger charge is 2.16. The van der Waals surface area contributed by atoms with Gasteiger partial charge in [-0.2, -0.15) is 0 Å². The van der Waals surface area contributed by atoms with E-state index in [-0.39, 0.29) is 23.8 Å². The molecule has 0 aliphatic heterocycles. The number of hydrogen-bond donors (Lipinski definition) is 2. The van der Waals surface area contributed by atoms with Gasteiger partial charge in [-0.25, -0.2) is 17.2 Å². The Morgan fingerprint density at radius 2 is 2.00 bits per heavy atom. The third kappa shape index (κ3) is 4.10. The van der Waals surface area contributed by atoms with Gasteiger partial charge in [-0.05, 0) is 12.5 Å². The van der Waals surface area contributed by atoms with Gasteiger partial charge in [-0.3, -0.25) is 4.72 Å². The zero-order chi connectivity index (χ0) is 13.1. The molecule has 0 radical (unpaired) electrons. The van der Waals surface area contributed by atoms with Crippen LogP contribution in [0.15, 0.2) is 12.1 Å². The second-order valence-corrected chi connectivity index (χ2v) is 5.49. The van der Waals surface area contributed by atoms with E-state index in [9.17, 15) is 17.2 Å². The number of benzene rings is 1. The van der Waals surface area contributed by atoms with Crippen molar-refractivity contribution >= 4 is 27.3 Å². The van der Waals surface area contributed by atoms with Gasteiger partial charge in [0.05, 0.1) is 10.8 Å². The van der Waals surface area contributed by atoms with Crippen molar-refractivity contribution in [2.24, 2.45) is 0 Å². The average molecular weight is 286 g/mol. The first-order valence-electron chi connectivity index (χ1n) is 4.61. The second-order valence-electron chi connectivity index (χ2n) is 3.24. The van der Waals surface area contributed by atoms with Crippen LogP contribution < -0.4 is 4.72 Å². The summed E-state index contributed by atoms with van der Waals surface area (Å²) in [5, 5.41) is 8.13. The number of anilines is 1. The predicted octanol–water partition coefficient (Wildman–Crippen LogP) is 1.74. The maximum atomic E-state index is 13.3. The van der Waals surface area contributed by atoms with Crippen molar-refractivity contribution in [3.63, 3.8) is 0 Å². The molecule has 0 saturated carbocycles. The number of rotatable bonds is 5. The third-order valence-corrected chi connectivity index (χ3v) is 3.47. The molecule has 0 spiro atoms. The maximum absolute atomic E-state index is 13.3. The molecule has 4 nitrogen and oxygen atoms in total. The van der Waals surface area contributed by atoms with Crippen LogP contribution in [0.1, 0.15) is 6.42 Å². The summed E-state index contributed by atoms with van der Waals surface area (Å²) in [6.07, 6.45) is 0.00969. The van der Waals surface area contributed by atoms with E-state index in [1.54, 1.807) is 0 Å². The molecule has 0 atom stereocenters. The molecule has 0 fully saturated rings. The minimum atomic E-state index is -3.81. The summed E-state index contributed by atoms with van der Waals surface area (Å²) in [4.78, 5) is 0. The lowest BCUT2D eigenvalue weighted by Crippen LogP contribution is -2.18. The van der Waals surface area contributed by atoms with E-state index < -0.39 is 27.3 Å². The minimum absolute atomic E-state index is 0.00969. The number of aliphatic hydroxyl groups excluding tert-OH is 1. The average Bonchev–Trinajstić information content (AvgIpc) is 2.21. The molecule has 0 unspecified atom stereocenters. The summed E-state index contributed by atoms with van der Waals surface area (Å²) >= 11 is 5.52. The van der Waals surface area contributed by atoms with Crippen LogP contribution in [-0.2, 0) is 10.0 Å². The van der Waals surface area contributed by atoms with Crippen LogP contribution in [0.3, 0.4) is 0 Å². The number of nitrogens with one attached hydrogen (secondary N) is 1. The van der Waals surface area contributed by atoms with Crippen molar-refractivity contribution in [2.75, 3.05) is 17.1 Å². The minimum Gasteiger partial charge on any atom is -0.396 e. The molecule has 0 aliphatic rings. The Balaban J connectivity index is 2.96. The fraction of sp³-hybridized carbons (Fsp3) is 0.333. The smallest absolute Gasteiger partial charge is 0.232 e. The van der Waals surface area contributed by atoms with Gasteiger partial charge >= 0.3 is 0 Å². The molecule has 0 amide bonds. The Labute approximate surface area is 102 Å². The number of sulfonamides is 1. The predicted molar refractivity (Wildman–Crippen MR) is 60.5 cm³/mol. The number of halogens is 3. The SMILES string of the molecule is O=S(=O)(CCCO)Nc1c(F)cc(F)cc1Cl. The first-order chi connectivity index (χ1) is 7.85. The molecule has 1 aromatic carbocycles. The summed E-state index contributed by atoms with van der Waals surface area (Å²) < 4.78 is 50.7. The monoisotopic (exact) mass is 285 g/mol. The first kappa shape index (κ1) is 14.1. The van der Waals surface area contributed by atoms with E-state index in [4.69, 9.17) is 16.7 Å². The van der Waals surface area contributed by atoms with Crippen LogP contribution >= 0.6 is 11.6 Å².